The monoisotopic (exact) mass is 349 g/mol. The van der Waals surface area contributed by atoms with Gasteiger partial charge >= 0.3 is 0 Å². The molecule has 3 rings (SSSR count). The molecule has 24 heavy (non-hydrogen) atoms. The van der Waals surface area contributed by atoms with E-state index in [1.54, 1.807) is 12.1 Å². The van der Waals surface area contributed by atoms with E-state index in [4.69, 9.17) is 16.3 Å². The van der Waals surface area contributed by atoms with Crippen molar-refractivity contribution in [2.75, 3.05) is 19.8 Å². The minimum atomic E-state index is -1.00. The number of nitrogens with one attached hydrogen (secondary N) is 1. The number of aliphatic hydroxyl groups excluding tert-OH is 1. The molecule has 1 saturated heterocycles. The van der Waals surface area contributed by atoms with Crippen LogP contribution in [0.25, 0.3) is 5.76 Å². The summed E-state index contributed by atoms with van der Waals surface area (Å²) in [6.07, 6.45) is 0.414. The normalized spacial score (nSPS) is 22.7. The number of halogens is 1. The summed E-state index contributed by atoms with van der Waals surface area (Å²) in [5.41, 5.74) is -0.401. The Morgan fingerprint density at radius 2 is 2.17 bits per heavy atom. The van der Waals surface area contributed by atoms with Crippen molar-refractivity contribution in [1.29, 1.82) is 0 Å². The summed E-state index contributed by atoms with van der Waals surface area (Å²) in [6, 6.07) is 4.85. The number of aliphatic hydroxyl groups is 1. The van der Waals surface area contributed by atoms with Crippen LogP contribution in [0.4, 0.5) is 0 Å². The molecule has 0 bridgehead atoms. The average Bonchev–Trinajstić information content (AvgIpc) is 3.02. The first-order valence-corrected chi connectivity index (χ1v) is 7.88. The molecule has 0 saturated carbocycles. The molecule has 1 aliphatic carbocycles. The van der Waals surface area contributed by atoms with Gasteiger partial charge in [-0.25, -0.2) is 0 Å². The van der Waals surface area contributed by atoms with Gasteiger partial charge in [0, 0.05) is 17.2 Å². The SMILES string of the molecule is CC(=O)CNC(=O)C1=C(O)c2cc(Cl)ccc2[C@]2(CCOC2)C1=O. The second-order valence-corrected chi connectivity index (χ2v) is 6.45. The fourth-order valence-electron chi connectivity index (χ4n) is 3.19. The van der Waals surface area contributed by atoms with Crippen molar-refractivity contribution in [2.24, 2.45) is 0 Å². The Labute approximate surface area is 143 Å². The zero-order valence-corrected chi connectivity index (χ0v) is 13.8. The maximum Gasteiger partial charge on any atom is 0.259 e. The molecule has 1 aromatic rings. The first-order valence-electron chi connectivity index (χ1n) is 7.50. The lowest BCUT2D eigenvalue weighted by atomic mass is 9.68. The molecular formula is C17H16ClNO5. The number of hydrogen-bond donors (Lipinski definition) is 2. The molecule has 1 aromatic carbocycles. The molecule has 0 aromatic heterocycles. The molecule has 1 heterocycles. The molecule has 1 fully saturated rings. The van der Waals surface area contributed by atoms with Crippen molar-refractivity contribution in [1.82, 2.24) is 5.32 Å². The summed E-state index contributed by atoms with van der Waals surface area (Å²) in [5, 5.41) is 13.3. The number of amides is 1. The number of benzene rings is 1. The van der Waals surface area contributed by atoms with E-state index in [0.717, 1.165) is 0 Å². The van der Waals surface area contributed by atoms with E-state index in [9.17, 15) is 19.5 Å². The lowest BCUT2D eigenvalue weighted by Crippen LogP contribution is -2.45. The summed E-state index contributed by atoms with van der Waals surface area (Å²) in [5.74, 6) is -1.94. The second kappa shape index (κ2) is 6.03. The summed E-state index contributed by atoms with van der Waals surface area (Å²) < 4.78 is 5.41. The van der Waals surface area contributed by atoms with Crippen molar-refractivity contribution in [3.05, 3.63) is 39.9 Å². The topological polar surface area (TPSA) is 92.7 Å². The number of carbonyl (C=O) groups excluding carboxylic acids is 3. The quantitative estimate of drug-likeness (QED) is 0.808. The highest BCUT2D eigenvalue weighted by Gasteiger charge is 2.51. The minimum Gasteiger partial charge on any atom is -0.506 e. The molecule has 6 nitrogen and oxygen atoms in total. The van der Waals surface area contributed by atoms with Gasteiger partial charge in [-0.05, 0) is 31.0 Å². The zero-order chi connectivity index (χ0) is 17.5. The van der Waals surface area contributed by atoms with Gasteiger partial charge in [0.15, 0.2) is 5.78 Å². The lowest BCUT2D eigenvalue weighted by Gasteiger charge is -2.33. The van der Waals surface area contributed by atoms with Gasteiger partial charge in [-0.1, -0.05) is 17.7 Å². The van der Waals surface area contributed by atoms with Crippen LogP contribution >= 0.6 is 11.6 Å². The van der Waals surface area contributed by atoms with E-state index in [1.807, 2.05) is 0 Å². The van der Waals surface area contributed by atoms with Crippen LogP contribution in [0, 0.1) is 0 Å². The van der Waals surface area contributed by atoms with Crippen LogP contribution in [0.5, 0.6) is 0 Å². The molecular weight excluding hydrogens is 334 g/mol. The number of hydrogen-bond acceptors (Lipinski definition) is 5. The third-order valence-corrected chi connectivity index (χ3v) is 4.63. The lowest BCUT2D eigenvalue weighted by molar-refractivity contribution is -0.127. The van der Waals surface area contributed by atoms with Gasteiger partial charge < -0.3 is 15.2 Å². The fourth-order valence-corrected chi connectivity index (χ4v) is 3.37. The van der Waals surface area contributed by atoms with Gasteiger partial charge in [-0.15, -0.1) is 0 Å². The van der Waals surface area contributed by atoms with Crippen molar-refractivity contribution in [2.45, 2.75) is 18.8 Å². The van der Waals surface area contributed by atoms with Gasteiger partial charge in [-0.3, -0.25) is 14.4 Å². The number of ketones is 2. The number of fused-ring (bicyclic) bond motifs is 2. The van der Waals surface area contributed by atoms with E-state index < -0.39 is 22.9 Å². The van der Waals surface area contributed by atoms with Crippen molar-refractivity contribution in [3.63, 3.8) is 0 Å². The van der Waals surface area contributed by atoms with Crippen LogP contribution < -0.4 is 5.32 Å². The predicted molar refractivity (Wildman–Crippen MR) is 86.8 cm³/mol. The van der Waals surface area contributed by atoms with Crippen LogP contribution in [0.1, 0.15) is 24.5 Å². The van der Waals surface area contributed by atoms with Crippen molar-refractivity contribution in [3.8, 4) is 0 Å². The summed E-state index contributed by atoms with van der Waals surface area (Å²) in [7, 11) is 0. The molecule has 2 N–H and O–H groups in total. The first-order chi connectivity index (χ1) is 11.4. The summed E-state index contributed by atoms with van der Waals surface area (Å²) in [6.45, 7) is 1.63. The summed E-state index contributed by atoms with van der Waals surface area (Å²) in [4.78, 5) is 36.5. The smallest absolute Gasteiger partial charge is 0.259 e. The Kier molecular flexibility index (Phi) is 4.19. The standard InChI is InChI=1S/C17H16ClNO5/c1-9(20)7-19-16(23)13-14(21)11-6-10(18)2-3-12(11)17(15(13)22)4-5-24-8-17/h2-3,6,21H,4-5,7-8H2,1H3,(H,19,23)/t17-/m1/s1. The molecule has 1 atom stereocenters. The highest BCUT2D eigenvalue weighted by Crippen LogP contribution is 2.45. The van der Waals surface area contributed by atoms with Crippen molar-refractivity contribution >= 4 is 34.8 Å². The molecule has 2 aliphatic rings. The van der Waals surface area contributed by atoms with Gasteiger partial charge in [0.1, 0.15) is 17.1 Å². The van der Waals surface area contributed by atoms with Crippen LogP contribution in [0.3, 0.4) is 0 Å². The minimum absolute atomic E-state index is 0.136. The molecule has 1 amide bonds. The van der Waals surface area contributed by atoms with Crippen LogP contribution in [0.2, 0.25) is 5.02 Å². The van der Waals surface area contributed by atoms with Crippen molar-refractivity contribution < 1.29 is 24.2 Å². The molecule has 126 valence electrons. The van der Waals surface area contributed by atoms with Crippen LogP contribution in [-0.2, 0) is 24.5 Å². The van der Waals surface area contributed by atoms with Gasteiger partial charge in [0.05, 0.1) is 18.6 Å². The van der Waals surface area contributed by atoms with Crippen LogP contribution in [-0.4, -0.2) is 42.3 Å². The van der Waals surface area contributed by atoms with Gasteiger partial charge in [0.25, 0.3) is 5.91 Å². The summed E-state index contributed by atoms with van der Waals surface area (Å²) >= 11 is 6.01. The zero-order valence-electron chi connectivity index (χ0n) is 13.0. The second-order valence-electron chi connectivity index (χ2n) is 6.01. The largest absolute Gasteiger partial charge is 0.506 e. The maximum atomic E-state index is 13.0. The molecule has 0 radical (unpaired) electrons. The number of rotatable bonds is 3. The van der Waals surface area contributed by atoms with E-state index in [-0.39, 0.29) is 24.5 Å². The number of carbonyl (C=O) groups is 3. The molecule has 1 aliphatic heterocycles. The molecule has 0 unspecified atom stereocenters. The highest BCUT2D eigenvalue weighted by atomic mass is 35.5. The van der Waals surface area contributed by atoms with Gasteiger partial charge in [-0.2, -0.15) is 0 Å². The fraction of sp³-hybridized carbons (Fsp3) is 0.353. The maximum absolute atomic E-state index is 13.0. The number of ether oxygens (including phenoxy) is 1. The van der Waals surface area contributed by atoms with E-state index in [0.29, 0.717) is 29.2 Å². The molecule has 7 heteroatoms. The van der Waals surface area contributed by atoms with Crippen LogP contribution in [0.15, 0.2) is 23.8 Å². The Balaban J connectivity index is 2.14. The third kappa shape index (κ3) is 2.52. The first kappa shape index (κ1) is 16.7. The average molecular weight is 350 g/mol. The Morgan fingerprint density at radius 3 is 2.79 bits per heavy atom. The molecule has 1 spiro atoms. The Bertz CT molecular complexity index is 777. The Hall–Kier alpha value is -2.18. The van der Waals surface area contributed by atoms with E-state index in [1.165, 1.54) is 13.0 Å². The third-order valence-electron chi connectivity index (χ3n) is 4.40. The van der Waals surface area contributed by atoms with E-state index >= 15 is 0 Å². The van der Waals surface area contributed by atoms with Gasteiger partial charge in [0.2, 0.25) is 0 Å². The van der Waals surface area contributed by atoms with E-state index in [2.05, 4.69) is 5.32 Å². The number of Topliss-reactive ketones (excluding diaryl/α,β-unsaturated/α-hetero) is 2. The predicted octanol–water partition coefficient (Wildman–Crippen LogP) is 1.56. The Morgan fingerprint density at radius 1 is 1.42 bits per heavy atom. The highest BCUT2D eigenvalue weighted by molar-refractivity contribution is 6.32.